The smallest absolute Gasteiger partial charge is 0.371 e. The summed E-state index contributed by atoms with van der Waals surface area (Å²) >= 11 is 5.87. The van der Waals surface area contributed by atoms with Crippen molar-refractivity contribution in [1.29, 1.82) is 0 Å². The van der Waals surface area contributed by atoms with E-state index in [1.54, 1.807) is 18.2 Å². The van der Waals surface area contributed by atoms with Crippen LogP contribution in [0.2, 0.25) is 5.02 Å². The maximum atomic E-state index is 13.2. The van der Waals surface area contributed by atoms with E-state index in [0.717, 1.165) is 0 Å². The highest BCUT2D eigenvalue weighted by Crippen LogP contribution is 2.30. The Morgan fingerprint density at radius 2 is 1.81 bits per heavy atom. The Morgan fingerprint density at radius 3 is 2.41 bits per heavy atom. The van der Waals surface area contributed by atoms with Crippen molar-refractivity contribution in [3.63, 3.8) is 0 Å². The van der Waals surface area contributed by atoms with Gasteiger partial charge >= 0.3 is 5.97 Å². The number of anilines is 1. The lowest BCUT2D eigenvalue weighted by Gasteiger charge is -2.26. The fraction of sp³-hybridized carbons (Fsp3) is 0.211. The zero-order valence-electron chi connectivity index (χ0n) is 14.7. The van der Waals surface area contributed by atoms with Gasteiger partial charge in [0.05, 0.1) is 10.6 Å². The van der Waals surface area contributed by atoms with Crippen LogP contribution in [0.1, 0.15) is 24.4 Å². The van der Waals surface area contributed by atoms with Crippen molar-refractivity contribution in [2.45, 2.75) is 18.7 Å². The lowest BCUT2D eigenvalue weighted by atomic mass is 10.2. The summed E-state index contributed by atoms with van der Waals surface area (Å²) in [5, 5.41) is 10.0. The molecule has 8 heteroatoms. The summed E-state index contributed by atoms with van der Waals surface area (Å²) in [6.45, 7) is 4.10. The van der Waals surface area contributed by atoms with Crippen LogP contribution in [-0.4, -0.2) is 26.0 Å². The molecule has 0 amide bonds. The van der Waals surface area contributed by atoms with Crippen LogP contribution in [0, 0.1) is 5.92 Å². The first-order chi connectivity index (χ1) is 12.7. The van der Waals surface area contributed by atoms with E-state index < -0.39 is 16.0 Å². The van der Waals surface area contributed by atoms with E-state index in [2.05, 4.69) is 0 Å². The van der Waals surface area contributed by atoms with Crippen molar-refractivity contribution in [3.05, 3.63) is 59.3 Å². The summed E-state index contributed by atoms with van der Waals surface area (Å²) in [5.74, 6) is -1.31. The number of carboxylic acid groups (broad SMARTS) is 1. The molecule has 3 aromatic rings. The Balaban J connectivity index is 2.10. The van der Waals surface area contributed by atoms with Crippen LogP contribution in [0.3, 0.4) is 0 Å². The number of carboxylic acids is 1. The summed E-state index contributed by atoms with van der Waals surface area (Å²) in [6.07, 6.45) is 0. The largest absolute Gasteiger partial charge is 0.475 e. The molecule has 0 atom stereocenters. The van der Waals surface area contributed by atoms with Gasteiger partial charge in [0.15, 0.2) is 0 Å². The SMILES string of the molecule is CC(C)CN(c1ccc2oc(C(=O)O)cc2c1)S(=O)(=O)c1ccc(Cl)cc1. The van der Waals surface area contributed by atoms with Gasteiger partial charge in [0.2, 0.25) is 5.76 Å². The molecule has 0 radical (unpaired) electrons. The van der Waals surface area contributed by atoms with Crippen LogP contribution >= 0.6 is 11.6 Å². The van der Waals surface area contributed by atoms with Gasteiger partial charge in [-0.25, -0.2) is 13.2 Å². The standard InChI is InChI=1S/C19H18ClNO5S/c1-12(2)11-21(27(24,25)16-6-3-14(20)4-7-16)15-5-8-17-13(9-15)10-18(26-17)19(22)23/h3-10,12H,11H2,1-2H3,(H,22,23). The third-order valence-corrected chi connectivity index (χ3v) is 5.99. The van der Waals surface area contributed by atoms with Gasteiger partial charge in [-0.05, 0) is 54.4 Å². The highest BCUT2D eigenvalue weighted by molar-refractivity contribution is 7.92. The maximum absolute atomic E-state index is 13.2. The van der Waals surface area contributed by atoms with Crippen molar-refractivity contribution >= 4 is 44.3 Å². The van der Waals surface area contributed by atoms with Crippen molar-refractivity contribution < 1.29 is 22.7 Å². The molecule has 0 spiro atoms. The number of fused-ring (bicyclic) bond motifs is 1. The molecule has 6 nitrogen and oxygen atoms in total. The summed E-state index contributed by atoms with van der Waals surface area (Å²) in [6, 6.07) is 12.1. The molecule has 0 saturated heterocycles. The van der Waals surface area contributed by atoms with Crippen LogP contribution < -0.4 is 4.31 Å². The number of nitrogens with zero attached hydrogens (tertiary/aromatic N) is 1. The summed E-state index contributed by atoms with van der Waals surface area (Å²) in [4.78, 5) is 11.2. The Labute approximate surface area is 162 Å². The first-order valence-electron chi connectivity index (χ1n) is 8.23. The molecule has 0 aliphatic carbocycles. The number of halogens is 1. The number of benzene rings is 2. The number of furan rings is 1. The molecule has 0 bridgehead atoms. The molecule has 0 aliphatic heterocycles. The minimum absolute atomic E-state index is 0.0710. The molecule has 2 aromatic carbocycles. The van der Waals surface area contributed by atoms with Crippen LogP contribution in [0.15, 0.2) is 57.8 Å². The highest BCUT2D eigenvalue weighted by Gasteiger charge is 2.26. The fourth-order valence-electron chi connectivity index (χ4n) is 2.70. The molecule has 1 aromatic heterocycles. The molecule has 0 fully saturated rings. The zero-order chi connectivity index (χ0) is 19.8. The summed E-state index contributed by atoms with van der Waals surface area (Å²) in [5.41, 5.74) is 0.813. The zero-order valence-corrected chi connectivity index (χ0v) is 16.3. The minimum atomic E-state index is -3.82. The van der Waals surface area contributed by atoms with Gasteiger partial charge in [-0.1, -0.05) is 25.4 Å². The predicted molar refractivity (Wildman–Crippen MR) is 104 cm³/mol. The van der Waals surface area contributed by atoms with E-state index in [1.165, 1.54) is 34.6 Å². The summed E-state index contributed by atoms with van der Waals surface area (Å²) < 4.78 is 32.9. The average Bonchev–Trinajstić information content (AvgIpc) is 3.03. The number of carbonyl (C=O) groups is 1. The van der Waals surface area contributed by atoms with Crippen molar-refractivity contribution in [3.8, 4) is 0 Å². The third-order valence-electron chi connectivity index (χ3n) is 3.93. The van der Waals surface area contributed by atoms with Crippen LogP contribution in [0.25, 0.3) is 11.0 Å². The van der Waals surface area contributed by atoms with Gasteiger partial charge in [-0.3, -0.25) is 4.31 Å². The van der Waals surface area contributed by atoms with Gasteiger partial charge < -0.3 is 9.52 Å². The van der Waals surface area contributed by atoms with Crippen LogP contribution in [-0.2, 0) is 10.0 Å². The second kappa shape index (κ2) is 7.25. The second-order valence-corrected chi connectivity index (χ2v) is 8.82. The normalized spacial score (nSPS) is 11.9. The molecular weight excluding hydrogens is 390 g/mol. The molecule has 142 valence electrons. The van der Waals surface area contributed by atoms with E-state index in [1.807, 2.05) is 13.8 Å². The highest BCUT2D eigenvalue weighted by atomic mass is 35.5. The number of hydrogen-bond donors (Lipinski definition) is 1. The van der Waals surface area contributed by atoms with Crippen molar-refractivity contribution in [2.24, 2.45) is 5.92 Å². The quantitative estimate of drug-likeness (QED) is 0.643. The first kappa shape index (κ1) is 19.3. The lowest BCUT2D eigenvalue weighted by Crippen LogP contribution is -2.34. The molecular formula is C19H18ClNO5S. The van der Waals surface area contributed by atoms with E-state index in [0.29, 0.717) is 21.7 Å². The van der Waals surface area contributed by atoms with Gasteiger partial charge in [0.25, 0.3) is 10.0 Å². The fourth-order valence-corrected chi connectivity index (χ4v) is 4.45. The van der Waals surface area contributed by atoms with E-state index in [4.69, 9.17) is 21.1 Å². The minimum Gasteiger partial charge on any atom is -0.475 e. The Bertz CT molecular complexity index is 1090. The van der Waals surface area contributed by atoms with Crippen molar-refractivity contribution in [2.75, 3.05) is 10.8 Å². The van der Waals surface area contributed by atoms with Gasteiger partial charge in [-0.15, -0.1) is 0 Å². The Kier molecular flexibility index (Phi) is 5.17. The van der Waals surface area contributed by atoms with Gasteiger partial charge in [0.1, 0.15) is 5.58 Å². The predicted octanol–water partition coefficient (Wildman–Crippen LogP) is 4.64. The molecule has 3 rings (SSSR count). The van der Waals surface area contributed by atoms with Crippen LogP contribution in [0.4, 0.5) is 5.69 Å². The molecule has 0 unspecified atom stereocenters. The lowest BCUT2D eigenvalue weighted by molar-refractivity contribution is 0.0665. The van der Waals surface area contributed by atoms with Crippen molar-refractivity contribution in [1.82, 2.24) is 0 Å². The molecule has 1 N–H and O–H groups in total. The number of rotatable bonds is 6. The van der Waals surface area contributed by atoms with E-state index >= 15 is 0 Å². The average molecular weight is 408 g/mol. The second-order valence-electron chi connectivity index (χ2n) is 6.52. The maximum Gasteiger partial charge on any atom is 0.371 e. The van der Waals surface area contributed by atoms with E-state index in [-0.39, 0.29) is 23.1 Å². The topological polar surface area (TPSA) is 87.8 Å². The molecule has 0 saturated carbocycles. The van der Waals surface area contributed by atoms with Gasteiger partial charge in [-0.2, -0.15) is 0 Å². The summed E-state index contributed by atoms with van der Waals surface area (Å²) in [7, 11) is -3.82. The monoisotopic (exact) mass is 407 g/mol. The number of hydrogen-bond acceptors (Lipinski definition) is 4. The van der Waals surface area contributed by atoms with E-state index in [9.17, 15) is 13.2 Å². The number of aromatic carboxylic acids is 1. The molecule has 1 heterocycles. The Morgan fingerprint density at radius 1 is 1.15 bits per heavy atom. The third kappa shape index (κ3) is 3.94. The molecule has 27 heavy (non-hydrogen) atoms. The van der Waals surface area contributed by atoms with Crippen LogP contribution in [0.5, 0.6) is 0 Å². The molecule has 0 aliphatic rings. The first-order valence-corrected chi connectivity index (χ1v) is 10.1. The van der Waals surface area contributed by atoms with Gasteiger partial charge in [0, 0.05) is 17.0 Å². The number of sulfonamides is 1. The Hall–Kier alpha value is -2.51.